The lowest BCUT2D eigenvalue weighted by Crippen LogP contribution is -2.44. The van der Waals surface area contributed by atoms with E-state index in [0.29, 0.717) is 29.0 Å². The molecule has 4 rings (SSSR count). The summed E-state index contributed by atoms with van der Waals surface area (Å²) in [4.78, 5) is 19.0. The van der Waals surface area contributed by atoms with Gasteiger partial charge in [0.15, 0.2) is 0 Å². The third kappa shape index (κ3) is 7.84. The summed E-state index contributed by atoms with van der Waals surface area (Å²) in [5, 5.41) is 0.558. The predicted molar refractivity (Wildman–Crippen MR) is 172 cm³/mol. The highest BCUT2D eigenvalue weighted by atomic mass is 35.5. The molecule has 1 aliphatic heterocycles. The number of allylic oxidation sites excluding steroid dienone is 1. The molecule has 0 amide bonds. The van der Waals surface area contributed by atoms with E-state index in [9.17, 15) is 0 Å². The number of halogens is 1. The van der Waals surface area contributed by atoms with Crippen LogP contribution in [0.2, 0.25) is 5.02 Å². The van der Waals surface area contributed by atoms with Crippen LogP contribution in [0.25, 0.3) is 11.3 Å². The van der Waals surface area contributed by atoms with E-state index in [0.717, 1.165) is 59.3 Å². The predicted octanol–water partition coefficient (Wildman–Crippen LogP) is 6.25. The van der Waals surface area contributed by atoms with E-state index in [1.807, 2.05) is 56.3 Å². The molecule has 0 bridgehead atoms. The molecule has 1 aliphatic rings. The van der Waals surface area contributed by atoms with E-state index in [2.05, 4.69) is 33.5 Å². The van der Waals surface area contributed by atoms with Crippen molar-refractivity contribution in [1.29, 1.82) is 0 Å². The minimum atomic E-state index is 0.0465. The minimum absolute atomic E-state index is 0.0465. The molecule has 2 heterocycles. The van der Waals surface area contributed by atoms with E-state index >= 15 is 0 Å². The van der Waals surface area contributed by atoms with Crippen LogP contribution in [0.3, 0.4) is 0 Å². The van der Waals surface area contributed by atoms with Gasteiger partial charge in [0.2, 0.25) is 11.8 Å². The summed E-state index contributed by atoms with van der Waals surface area (Å²) in [5.74, 6) is 2.09. The van der Waals surface area contributed by atoms with E-state index in [1.165, 1.54) is 18.1 Å². The first kappa shape index (κ1) is 30.5. The van der Waals surface area contributed by atoms with Crippen LogP contribution < -0.4 is 24.8 Å². The van der Waals surface area contributed by atoms with Gasteiger partial charge in [-0.25, -0.2) is 4.98 Å². The van der Waals surface area contributed by atoms with E-state index in [-0.39, 0.29) is 6.10 Å². The van der Waals surface area contributed by atoms with Gasteiger partial charge in [-0.3, -0.25) is 9.71 Å². The fourth-order valence-corrected chi connectivity index (χ4v) is 5.26. The quantitative estimate of drug-likeness (QED) is 0.197. The van der Waals surface area contributed by atoms with E-state index in [4.69, 9.17) is 36.8 Å². The molecule has 1 aromatic heterocycles. The highest BCUT2D eigenvalue weighted by molar-refractivity contribution is 8.05. The van der Waals surface area contributed by atoms with Gasteiger partial charge >= 0.3 is 0 Å². The number of hydrogen-bond donors (Lipinski definition) is 2. The molecule has 0 aliphatic carbocycles. The minimum Gasteiger partial charge on any atom is -0.491 e. The number of benzene rings is 2. The zero-order valence-corrected chi connectivity index (χ0v) is 25.8. The molecule has 0 atom stereocenters. The Hall–Kier alpha value is -3.47. The Morgan fingerprint density at radius 2 is 1.93 bits per heavy atom. The van der Waals surface area contributed by atoms with Crippen LogP contribution in [0.4, 0.5) is 11.6 Å². The number of piperazine rings is 1. The van der Waals surface area contributed by atoms with Crippen LogP contribution in [0.5, 0.6) is 17.4 Å². The van der Waals surface area contributed by atoms with Crippen molar-refractivity contribution in [3.8, 4) is 28.6 Å². The number of rotatable bonds is 11. The second-order valence-corrected chi connectivity index (χ2v) is 11.1. The fraction of sp³-hybridized carbons (Fsp3) is 0.367. The Kier molecular flexibility index (Phi) is 10.7. The Labute approximate surface area is 251 Å². The molecule has 1 saturated heterocycles. The number of hydrogen-bond acceptors (Lipinski definition) is 10. The number of ether oxygens (including phenoxy) is 2. The molecular weight excluding hydrogens is 558 g/mol. The summed E-state index contributed by atoms with van der Waals surface area (Å²) < 4.78 is 15.7. The number of nitrogens with one attached hydrogen (secondary N) is 1. The van der Waals surface area contributed by atoms with Crippen LogP contribution in [-0.4, -0.2) is 67.5 Å². The molecule has 0 unspecified atom stereocenters. The first-order valence-corrected chi connectivity index (χ1v) is 14.9. The maximum Gasteiger partial charge on any atom is 0.237 e. The lowest BCUT2D eigenvalue weighted by molar-refractivity contribution is 0.242. The van der Waals surface area contributed by atoms with Crippen molar-refractivity contribution >= 4 is 41.4 Å². The van der Waals surface area contributed by atoms with Crippen molar-refractivity contribution in [3.05, 3.63) is 64.2 Å². The standard InChI is InChI=1S/C30H38ClN7O2S/c1-6-24-28(21-9-7-10-22(17-21)39-20(2)3)34-30(36-41-23(18-32)19-33-4)35-29(24)40-26-12-8-11-25(27(26)31)38-15-13-37(5)14-16-38/h7-12,17-20H,6,13-16,32H2,1-5H3,(H,34,35,36). The highest BCUT2D eigenvalue weighted by Crippen LogP contribution is 2.40. The molecule has 41 heavy (non-hydrogen) atoms. The molecule has 0 radical (unpaired) electrons. The van der Waals surface area contributed by atoms with Crippen molar-refractivity contribution < 1.29 is 9.47 Å². The molecule has 11 heteroatoms. The zero-order valence-electron chi connectivity index (χ0n) is 24.2. The van der Waals surface area contributed by atoms with Gasteiger partial charge in [0.25, 0.3) is 0 Å². The highest BCUT2D eigenvalue weighted by Gasteiger charge is 2.22. The van der Waals surface area contributed by atoms with Crippen LogP contribution in [0.15, 0.2) is 58.6 Å². The van der Waals surface area contributed by atoms with Gasteiger partial charge in [-0.2, -0.15) is 4.98 Å². The van der Waals surface area contributed by atoms with E-state index < -0.39 is 0 Å². The Morgan fingerprint density at radius 1 is 1.17 bits per heavy atom. The topological polar surface area (TPSA) is 101 Å². The second kappa shape index (κ2) is 14.4. The molecule has 0 saturated carbocycles. The number of aromatic nitrogens is 2. The first-order chi connectivity index (χ1) is 19.8. The fourth-order valence-electron chi connectivity index (χ4n) is 4.45. The summed E-state index contributed by atoms with van der Waals surface area (Å²) in [6, 6.07) is 13.8. The molecule has 0 spiro atoms. The molecule has 218 valence electrons. The molecule has 9 nitrogen and oxygen atoms in total. The monoisotopic (exact) mass is 595 g/mol. The third-order valence-electron chi connectivity index (χ3n) is 6.48. The van der Waals surface area contributed by atoms with Gasteiger partial charge in [0, 0.05) is 56.8 Å². The Morgan fingerprint density at radius 3 is 2.61 bits per heavy atom. The van der Waals surface area contributed by atoms with Gasteiger partial charge < -0.3 is 25.0 Å². The van der Waals surface area contributed by atoms with Crippen molar-refractivity contribution in [2.24, 2.45) is 10.7 Å². The molecular formula is C30H38ClN7O2S. The Bertz CT molecular complexity index is 1390. The Balaban J connectivity index is 1.76. The van der Waals surface area contributed by atoms with Crippen molar-refractivity contribution in [2.75, 3.05) is 49.9 Å². The number of likely N-dealkylation sites (N-methyl/N-ethyl adjacent to an activating group) is 1. The molecule has 1 fully saturated rings. The van der Waals surface area contributed by atoms with Crippen LogP contribution >= 0.6 is 23.5 Å². The average molecular weight is 596 g/mol. The lowest BCUT2D eigenvalue weighted by Gasteiger charge is -2.34. The van der Waals surface area contributed by atoms with Gasteiger partial charge in [-0.05, 0) is 63.5 Å². The summed E-state index contributed by atoms with van der Waals surface area (Å²) >= 11 is 8.21. The third-order valence-corrected chi connectivity index (χ3v) is 7.62. The average Bonchev–Trinajstić information content (AvgIpc) is 2.96. The van der Waals surface area contributed by atoms with Gasteiger partial charge in [0.05, 0.1) is 22.4 Å². The summed E-state index contributed by atoms with van der Waals surface area (Å²) in [5.41, 5.74) is 9.20. The molecule has 2 aromatic carbocycles. The van der Waals surface area contributed by atoms with Crippen molar-refractivity contribution in [3.63, 3.8) is 0 Å². The van der Waals surface area contributed by atoms with Crippen molar-refractivity contribution in [2.45, 2.75) is 33.3 Å². The van der Waals surface area contributed by atoms with Crippen molar-refractivity contribution in [1.82, 2.24) is 14.9 Å². The smallest absolute Gasteiger partial charge is 0.237 e. The first-order valence-electron chi connectivity index (χ1n) is 13.7. The number of nitrogens with two attached hydrogens (primary N) is 1. The number of anilines is 2. The number of aliphatic imine (C=N–C) groups is 1. The van der Waals surface area contributed by atoms with Crippen LogP contribution in [0, 0.1) is 0 Å². The van der Waals surface area contributed by atoms with Crippen LogP contribution in [0.1, 0.15) is 26.3 Å². The largest absolute Gasteiger partial charge is 0.491 e. The SMILES string of the molecule is CCc1c(Oc2cccc(N3CCN(C)CC3)c2Cl)nc(NSC(C=NC)=CN)nc1-c1cccc(OC(C)C)c1. The molecule has 3 aromatic rings. The van der Waals surface area contributed by atoms with Crippen LogP contribution in [-0.2, 0) is 6.42 Å². The maximum atomic E-state index is 6.95. The van der Waals surface area contributed by atoms with Gasteiger partial charge in [0.1, 0.15) is 16.5 Å². The zero-order chi connectivity index (χ0) is 29.4. The normalized spacial score (nSPS) is 14.6. The second-order valence-electron chi connectivity index (χ2n) is 9.87. The molecule has 3 N–H and O–H groups in total. The van der Waals surface area contributed by atoms with E-state index in [1.54, 1.807) is 13.3 Å². The van der Waals surface area contributed by atoms with Gasteiger partial charge in [-0.1, -0.05) is 36.7 Å². The summed E-state index contributed by atoms with van der Waals surface area (Å²) in [6.45, 7) is 9.81. The summed E-state index contributed by atoms with van der Waals surface area (Å²) in [6.07, 6.45) is 3.82. The van der Waals surface area contributed by atoms with Gasteiger partial charge in [-0.15, -0.1) is 0 Å². The summed E-state index contributed by atoms with van der Waals surface area (Å²) in [7, 11) is 3.82. The number of nitrogens with zero attached hydrogens (tertiary/aromatic N) is 5. The maximum absolute atomic E-state index is 6.95. The lowest BCUT2D eigenvalue weighted by atomic mass is 10.0.